The van der Waals surface area contributed by atoms with Crippen molar-refractivity contribution in [3.63, 3.8) is 0 Å². The highest BCUT2D eigenvalue weighted by molar-refractivity contribution is 5.97. The van der Waals surface area contributed by atoms with Gasteiger partial charge in [0.2, 0.25) is 0 Å². The molecule has 1 aromatic heterocycles. The van der Waals surface area contributed by atoms with Gasteiger partial charge in [-0.1, -0.05) is 24.3 Å². The number of benzene rings is 1. The molecule has 3 heterocycles. The lowest BCUT2D eigenvalue weighted by Crippen LogP contribution is -2.44. The Bertz CT molecular complexity index is 1260. The second kappa shape index (κ2) is 12.3. The lowest BCUT2D eigenvalue weighted by atomic mass is 10.0. The maximum Gasteiger partial charge on any atom is 0.493 e. The summed E-state index contributed by atoms with van der Waals surface area (Å²) in [4.78, 5) is 50.9. The molecule has 0 saturated carbocycles. The van der Waals surface area contributed by atoms with Crippen LogP contribution in [0.5, 0.6) is 0 Å². The summed E-state index contributed by atoms with van der Waals surface area (Å²) in [6.45, 7) is 11.6. The molecule has 2 aliphatic rings. The summed E-state index contributed by atoms with van der Waals surface area (Å²) in [6.07, 6.45) is -3.47. The van der Waals surface area contributed by atoms with E-state index in [1.165, 1.54) is 12.4 Å². The van der Waals surface area contributed by atoms with E-state index in [0.29, 0.717) is 43.4 Å². The third kappa shape index (κ3) is 7.39. The van der Waals surface area contributed by atoms with Crippen molar-refractivity contribution in [2.75, 3.05) is 32.7 Å². The molecule has 228 valence electrons. The summed E-state index contributed by atoms with van der Waals surface area (Å²) in [6, 6.07) is 7.91. The lowest BCUT2D eigenvalue weighted by molar-refractivity contribution is -0.240. The summed E-state index contributed by atoms with van der Waals surface area (Å²) in [5.41, 5.74) is 1.97. The lowest BCUT2D eigenvalue weighted by Gasteiger charge is -2.33. The molecule has 2 fully saturated rings. The molecule has 1 aromatic carbocycles. The second-order valence-corrected chi connectivity index (χ2v) is 12.0. The zero-order chi connectivity index (χ0) is 30.8. The van der Waals surface area contributed by atoms with Crippen LogP contribution in [-0.4, -0.2) is 82.3 Å². The highest BCUT2D eigenvalue weighted by Crippen LogP contribution is 2.35. The molecular formula is C30H37F3N4O5. The molecule has 0 aliphatic carbocycles. The van der Waals surface area contributed by atoms with Crippen molar-refractivity contribution in [3.05, 3.63) is 65.0 Å². The van der Waals surface area contributed by atoms with Crippen molar-refractivity contribution in [2.24, 2.45) is 11.8 Å². The van der Waals surface area contributed by atoms with Gasteiger partial charge in [0.25, 0.3) is 5.91 Å². The number of hydrogen-bond donors (Lipinski definition) is 0. The summed E-state index contributed by atoms with van der Waals surface area (Å²) in [7, 11) is 0. The summed E-state index contributed by atoms with van der Waals surface area (Å²) in [5.74, 6) is -1.99. The Hall–Kier alpha value is -3.67. The molecule has 3 atom stereocenters. The fourth-order valence-electron chi connectivity index (χ4n) is 5.72. The highest BCUT2D eigenvalue weighted by atomic mass is 19.4. The van der Waals surface area contributed by atoms with Crippen LogP contribution < -0.4 is 0 Å². The molecule has 0 radical (unpaired) electrons. The third-order valence-electron chi connectivity index (χ3n) is 7.60. The fourth-order valence-corrected chi connectivity index (χ4v) is 5.72. The van der Waals surface area contributed by atoms with E-state index in [0.717, 1.165) is 16.7 Å². The average molecular weight is 591 g/mol. The Kier molecular flexibility index (Phi) is 9.15. The number of amides is 2. The van der Waals surface area contributed by atoms with Crippen LogP contribution in [0.3, 0.4) is 0 Å². The van der Waals surface area contributed by atoms with Crippen LogP contribution in [0.1, 0.15) is 60.3 Å². The van der Waals surface area contributed by atoms with Crippen LogP contribution in [0.4, 0.5) is 18.0 Å². The molecule has 3 unspecified atom stereocenters. The zero-order valence-corrected chi connectivity index (χ0v) is 24.5. The van der Waals surface area contributed by atoms with Crippen LogP contribution in [0, 0.1) is 25.7 Å². The highest BCUT2D eigenvalue weighted by Gasteiger charge is 2.46. The Balaban J connectivity index is 1.46. The smallest absolute Gasteiger partial charge is 0.442 e. The largest absolute Gasteiger partial charge is 0.493 e. The van der Waals surface area contributed by atoms with E-state index in [-0.39, 0.29) is 24.2 Å². The molecular weight excluding hydrogens is 553 g/mol. The van der Waals surface area contributed by atoms with Gasteiger partial charge in [0.15, 0.2) is 0 Å². The fraction of sp³-hybridized carbons (Fsp3) is 0.533. The van der Waals surface area contributed by atoms with Gasteiger partial charge < -0.3 is 19.4 Å². The molecule has 12 heteroatoms. The molecule has 2 saturated heterocycles. The Morgan fingerprint density at radius 3 is 2.14 bits per heavy atom. The number of nitrogens with zero attached hydrogens (tertiary/aromatic N) is 4. The summed E-state index contributed by atoms with van der Waals surface area (Å²) < 4.78 is 44.8. The van der Waals surface area contributed by atoms with Crippen molar-refractivity contribution in [2.45, 2.75) is 58.9 Å². The SMILES string of the molecule is Cc1cccc(C)c1C(=O)N1CC2CN(CCC(c3cccnc3)N(OC(=O)C(F)(F)F)C(=O)OC(C)(C)C)CC2C1. The number of carbonyl (C=O) groups excluding carboxylic acids is 3. The number of aromatic nitrogens is 1. The number of carbonyl (C=O) groups is 3. The monoisotopic (exact) mass is 590 g/mol. The van der Waals surface area contributed by atoms with E-state index < -0.39 is 29.9 Å². The number of rotatable bonds is 6. The van der Waals surface area contributed by atoms with Gasteiger partial charge in [0.05, 0.1) is 0 Å². The Morgan fingerprint density at radius 2 is 1.62 bits per heavy atom. The number of hydrogen-bond acceptors (Lipinski definition) is 7. The predicted molar refractivity (Wildman–Crippen MR) is 147 cm³/mol. The number of ether oxygens (including phenoxy) is 1. The maximum atomic E-state index is 13.3. The van der Waals surface area contributed by atoms with Gasteiger partial charge in [-0.05, 0) is 75.6 Å². The van der Waals surface area contributed by atoms with Crippen molar-refractivity contribution in [3.8, 4) is 0 Å². The second-order valence-electron chi connectivity index (χ2n) is 12.0. The Morgan fingerprint density at radius 1 is 1.00 bits per heavy atom. The first-order valence-electron chi connectivity index (χ1n) is 13.9. The van der Waals surface area contributed by atoms with E-state index in [9.17, 15) is 27.6 Å². The third-order valence-corrected chi connectivity index (χ3v) is 7.60. The standard InChI is InChI=1S/C30H37F3N4O5/c1-19-8-6-9-20(2)25(19)26(38)36-17-22-15-35(16-23(22)18-36)13-11-24(21-10-7-12-34-14-21)37(28(40)41-29(3,4)5)42-27(39)30(31,32)33/h6-10,12,14,22-24H,11,13,15-18H2,1-5H3. The topological polar surface area (TPSA) is 92.3 Å². The minimum Gasteiger partial charge on any atom is -0.442 e. The van der Waals surface area contributed by atoms with Crippen molar-refractivity contribution >= 4 is 18.0 Å². The zero-order valence-electron chi connectivity index (χ0n) is 24.5. The van der Waals surface area contributed by atoms with E-state index >= 15 is 0 Å². The van der Waals surface area contributed by atoms with E-state index in [1.54, 1.807) is 32.9 Å². The van der Waals surface area contributed by atoms with Gasteiger partial charge in [-0.15, -0.1) is 5.06 Å². The van der Waals surface area contributed by atoms with Crippen LogP contribution in [0.25, 0.3) is 0 Å². The van der Waals surface area contributed by atoms with E-state index in [1.807, 2.05) is 36.9 Å². The minimum absolute atomic E-state index is 0.0303. The molecule has 0 spiro atoms. The van der Waals surface area contributed by atoms with Crippen molar-refractivity contribution in [1.29, 1.82) is 0 Å². The van der Waals surface area contributed by atoms with Crippen LogP contribution in [-0.2, 0) is 14.4 Å². The molecule has 2 aromatic rings. The quantitative estimate of drug-likeness (QED) is 0.433. The Labute approximate surface area is 243 Å². The molecule has 0 bridgehead atoms. The molecule has 42 heavy (non-hydrogen) atoms. The van der Waals surface area contributed by atoms with Gasteiger partial charge in [-0.2, -0.15) is 13.2 Å². The van der Waals surface area contributed by atoms with Gasteiger partial charge in [0.1, 0.15) is 11.6 Å². The number of likely N-dealkylation sites (tertiary alicyclic amines) is 2. The molecule has 9 nitrogen and oxygen atoms in total. The number of fused-ring (bicyclic) bond motifs is 1. The maximum absolute atomic E-state index is 13.3. The molecule has 4 rings (SSSR count). The summed E-state index contributed by atoms with van der Waals surface area (Å²) in [5, 5.41) is 0.375. The number of pyridine rings is 1. The van der Waals surface area contributed by atoms with Gasteiger partial charge in [-0.3, -0.25) is 9.78 Å². The first kappa shape index (κ1) is 31.3. The number of alkyl halides is 3. The first-order valence-corrected chi connectivity index (χ1v) is 13.9. The minimum atomic E-state index is -5.31. The average Bonchev–Trinajstić information content (AvgIpc) is 3.46. The summed E-state index contributed by atoms with van der Waals surface area (Å²) >= 11 is 0. The van der Waals surface area contributed by atoms with Gasteiger partial charge in [0, 0.05) is 50.7 Å². The van der Waals surface area contributed by atoms with E-state index in [2.05, 4.69) is 14.7 Å². The van der Waals surface area contributed by atoms with E-state index in [4.69, 9.17) is 4.74 Å². The number of hydroxylamine groups is 2. The number of halogens is 3. The van der Waals surface area contributed by atoms with Gasteiger partial charge >= 0.3 is 18.2 Å². The van der Waals surface area contributed by atoms with Crippen LogP contribution in [0.2, 0.25) is 0 Å². The predicted octanol–water partition coefficient (Wildman–Crippen LogP) is 5.09. The number of aryl methyl sites for hydroxylation is 2. The van der Waals surface area contributed by atoms with Crippen molar-refractivity contribution in [1.82, 2.24) is 19.8 Å². The molecule has 2 amide bonds. The van der Waals surface area contributed by atoms with Crippen molar-refractivity contribution < 1.29 is 37.1 Å². The normalized spacial score (nSPS) is 19.8. The first-order chi connectivity index (χ1) is 19.6. The van der Waals surface area contributed by atoms with Gasteiger partial charge in [-0.25, -0.2) is 9.59 Å². The van der Waals surface area contributed by atoms with Crippen LogP contribution >= 0.6 is 0 Å². The molecule has 0 N–H and O–H groups in total. The molecule has 2 aliphatic heterocycles. The van der Waals surface area contributed by atoms with Crippen LogP contribution in [0.15, 0.2) is 42.7 Å².